The smallest absolute Gasteiger partial charge is 0.340 e. The Morgan fingerprint density at radius 1 is 1.12 bits per heavy atom. The molecule has 3 N–H and O–H groups in total. The van der Waals surface area contributed by atoms with E-state index in [-0.39, 0.29) is 12.0 Å². The van der Waals surface area contributed by atoms with Gasteiger partial charge in [-0.25, -0.2) is 4.79 Å². The van der Waals surface area contributed by atoms with Crippen LogP contribution in [0.5, 0.6) is 11.5 Å². The van der Waals surface area contributed by atoms with Gasteiger partial charge in [-0.15, -0.1) is 0 Å². The van der Waals surface area contributed by atoms with Crippen molar-refractivity contribution in [1.82, 2.24) is 0 Å². The molecule has 0 aliphatic heterocycles. The minimum atomic E-state index is -1.43. The third kappa shape index (κ3) is 2.75. The molecule has 92 valence electrons. The van der Waals surface area contributed by atoms with E-state index in [1.165, 1.54) is 0 Å². The van der Waals surface area contributed by atoms with Crippen LogP contribution in [0.15, 0.2) is 12.1 Å². The molecule has 0 unspecified atom stereocenters. The van der Waals surface area contributed by atoms with E-state index in [2.05, 4.69) is 0 Å². The number of Topliss-reactive ketones (excluding diaryl/α,β-unsaturated/α-hetero) is 1. The minimum Gasteiger partial charge on any atom is -0.507 e. The third-order valence-corrected chi connectivity index (χ3v) is 2.41. The van der Waals surface area contributed by atoms with E-state index in [1.54, 1.807) is 0 Å². The Morgan fingerprint density at radius 2 is 1.65 bits per heavy atom. The van der Waals surface area contributed by atoms with E-state index < -0.39 is 28.8 Å². The number of hydrogen-bond donors (Lipinski definition) is 3. The molecule has 0 spiro atoms. The molecule has 0 fully saturated rings. The maximum absolute atomic E-state index is 11.8. The molecule has 0 atom stereocenters. The summed E-state index contributed by atoms with van der Waals surface area (Å²) in [5.74, 6) is -2.84. The largest absolute Gasteiger partial charge is 0.507 e. The monoisotopic (exact) mass is 238 g/mol. The topological polar surface area (TPSA) is 94.8 Å². The Labute approximate surface area is 98.3 Å². The highest BCUT2D eigenvalue weighted by atomic mass is 16.4. The quantitative estimate of drug-likeness (QED) is 0.539. The molecular formula is C12H14O5. The first-order valence-electron chi connectivity index (χ1n) is 5.30. The second kappa shape index (κ2) is 5.34. The number of benzene rings is 1. The molecule has 0 aliphatic rings. The molecule has 0 saturated heterocycles. The number of phenols is 2. The summed E-state index contributed by atoms with van der Waals surface area (Å²) in [6.07, 6.45) is 1.54. The van der Waals surface area contributed by atoms with Crippen molar-refractivity contribution in [2.24, 2.45) is 0 Å². The highest BCUT2D eigenvalue weighted by Crippen LogP contribution is 2.30. The molecule has 0 heterocycles. The van der Waals surface area contributed by atoms with Crippen LogP contribution >= 0.6 is 0 Å². The molecule has 1 rings (SSSR count). The van der Waals surface area contributed by atoms with Crippen molar-refractivity contribution in [3.63, 3.8) is 0 Å². The number of rotatable bonds is 5. The lowest BCUT2D eigenvalue weighted by Gasteiger charge is -2.08. The van der Waals surface area contributed by atoms with Crippen molar-refractivity contribution in [1.29, 1.82) is 0 Å². The first kappa shape index (κ1) is 13.0. The number of ketones is 1. The van der Waals surface area contributed by atoms with Crippen LogP contribution in [-0.4, -0.2) is 27.1 Å². The standard InChI is InChI=1S/C12H14O5/c1-2-3-4-7(13)10-8(14)5-6-9(15)11(10)12(16)17/h5-6,14-15H,2-4H2,1H3,(H,16,17). The molecular weight excluding hydrogens is 224 g/mol. The number of carbonyl (C=O) groups is 2. The molecule has 1 aromatic rings. The summed E-state index contributed by atoms with van der Waals surface area (Å²) in [5, 5.41) is 27.9. The van der Waals surface area contributed by atoms with Gasteiger partial charge in [0.2, 0.25) is 0 Å². The lowest BCUT2D eigenvalue weighted by Crippen LogP contribution is -2.09. The summed E-state index contributed by atoms with van der Waals surface area (Å²) in [4.78, 5) is 22.7. The van der Waals surface area contributed by atoms with Crippen LogP contribution in [-0.2, 0) is 0 Å². The van der Waals surface area contributed by atoms with E-state index in [0.29, 0.717) is 6.42 Å². The summed E-state index contributed by atoms with van der Waals surface area (Å²) in [7, 11) is 0. The summed E-state index contributed by atoms with van der Waals surface area (Å²) >= 11 is 0. The minimum absolute atomic E-state index is 0.147. The van der Waals surface area contributed by atoms with Crippen LogP contribution in [0.2, 0.25) is 0 Å². The van der Waals surface area contributed by atoms with Crippen LogP contribution in [0, 0.1) is 0 Å². The highest BCUT2D eigenvalue weighted by Gasteiger charge is 2.23. The fraction of sp³-hybridized carbons (Fsp3) is 0.333. The van der Waals surface area contributed by atoms with E-state index >= 15 is 0 Å². The Balaban J connectivity index is 3.25. The summed E-state index contributed by atoms with van der Waals surface area (Å²) in [6.45, 7) is 1.90. The number of aromatic hydroxyl groups is 2. The van der Waals surface area contributed by atoms with Crippen LogP contribution in [0.25, 0.3) is 0 Å². The van der Waals surface area contributed by atoms with Gasteiger partial charge in [-0.1, -0.05) is 13.3 Å². The third-order valence-electron chi connectivity index (χ3n) is 2.41. The van der Waals surface area contributed by atoms with Gasteiger partial charge in [0.25, 0.3) is 0 Å². The van der Waals surface area contributed by atoms with Crippen molar-refractivity contribution >= 4 is 11.8 Å². The van der Waals surface area contributed by atoms with Gasteiger partial charge in [0, 0.05) is 6.42 Å². The van der Waals surface area contributed by atoms with Gasteiger partial charge >= 0.3 is 5.97 Å². The van der Waals surface area contributed by atoms with Gasteiger partial charge in [0.15, 0.2) is 5.78 Å². The lowest BCUT2D eigenvalue weighted by molar-refractivity contribution is 0.0687. The zero-order valence-electron chi connectivity index (χ0n) is 9.43. The zero-order valence-corrected chi connectivity index (χ0v) is 9.43. The van der Waals surface area contributed by atoms with E-state index in [0.717, 1.165) is 18.6 Å². The first-order chi connectivity index (χ1) is 7.99. The lowest BCUT2D eigenvalue weighted by atomic mass is 9.98. The van der Waals surface area contributed by atoms with Gasteiger partial charge < -0.3 is 15.3 Å². The van der Waals surface area contributed by atoms with E-state index in [1.807, 2.05) is 6.92 Å². The van der Waals surface area contributed by atoms with Crippen LogP contribution in [0.4, 0.5) is 0 Å². The van der Waals surface area contributed by atoms with Gasteiger partial charge in [0.1, 0.15) is 17.1 Å². The Kier molecular flexibility index (Phi) is 4.09. The summed E-state index contributed by atoms with van der Waals surface area (Å²) in [5.41, 5.74) is -0.850. The molecule has 0 amide bonds. The van der Waals surface area contributed by atoms with Crippen LogP contribution in [0.1, 0.15) is 46.9 Å². The zero-order chi connectivity index (χ0) is 13.0. The van der Waals surface area contributed by atoms with Crippen LogP contribution < -0.4 is 0 Å². The highest BCUT2D eigenvalue weighted by molar-refractivity contribution is 6.09. The second-order valence-electron chi connectivity index (χ2n) is 3.69. The summed E-state index contributed by atoms with van der Waals surface area (Å²) < 4.78 is 0. The Morgan fingerprint density at radius 3 is 2.12 bits per heavy atom. The molecule has 0 aliphatic carbocycles. The molecule has 0 aromatic heterocycles. The fourth-order valence-electron chi connectivity index (χ4n) is 1.54. The van der Waals surface area contributed by atoms with Crippen molar-refractivity contribution in [3.8, 4) is 11.5 Å². The number of unbranched alkanes of at least 4 members (excludes halogenated alkanes) is 1. The number of aromatic carboxylic acids is 1. The predicted molar refractivity (Wildman–Crippen MR) is 60.6 cm³/mol. The number of carbonyl (C=O) groups excluding carboxylic acids is 1. The second-order valence-corrected chi connectivity index (χ2v) is 3.69. The fourth-order valence-corrected chi connectivity index (χ4v) is 1.54. The Bertz CT molecular complexity index is 450. The van der Waals surface area contributed by atoms with E-state index in [9.17, 15) is 19.8 Å². The van der Waals surface area contributed by atoms with Crippen molar-refractivity contribution in [2.75, 3.05) is 0 Å². The SMILES string of the molecule is CCCCC(=O)c1c(O)ccc(O)c1C(=O)O. The summed E-state index contributed by atoms with van der Waals surface area (Å²) in [6, 6.07) is 2.16. The normalized spacial score (nSPS) is 10.2. The molecule has 5 nitrogen and oxygen atoms in total. The van der Waals surface area contributed by atoms with Crippen molar-refractivity contribution < 1.29 is 24.9 Å². The number of carboxylic acids is 1. The molecule has 0 radical (unpaired) electrons. The van der Waals surface area contributed by atoms with E-state index in [4.69, 9.17) is 5.11 Å². The number of carboxylic acid groups (broad SMARTS) is 1. The molecule has 1 aromatic carbocycles. The van der Waals surface area contributed by atoms with Gasteiger partial charge in [-0.05, 0) is 18.6 Å². The molecule has 17 heavy (non-hydrogen) atoms. The van der Waals surface area contributed by atoms with Gasteiger partial charge in [0.05, 0.1) is 5.56 Å². The average Bonchev–Trinajstić information content (AvgIpc) is 2.28. The van der Waals surface area contributed by atoms with Crippen molar-refractivity contribution in [2.45, 2.75) is 26.2 Å². The average molecular weight is 238 g/mol. The number of phenolic OH excluding ortho intramolecular Hbond substituents is 1. The van der Waals surface area contributed by atoms with Crippen molar-refractivity contribution in [3.05, 3.63) is 23.3 Å². The molecule has 0 saturated carbocycles. The van der Waals surface area contributed by atoms with Gasteiger partial charge in [-0.2, -0.15) is 0 Å². The maximum Gasteiger partial charge on any atom is 0.340 e. The first-order valence-corrected chi connectivity index (χ1v) is 5.30. The molecule has 0 bridgehead atoms. The number of hydrogen-bond acceptors (Lipinski definition) is 4. The van der Waals surface area contributed by atoms with Gasteiger partial charge in [-0.3, -0.25) is 4.79 Å². The predicted octanol–water partition coefficient (Wildman–Crippen LogP) is 2.17. The Hall–Kier alpha value is -2.04. The molecule has 5 heteroatoms. The maximum atomic E-state index is 11.8. The van der Waals surface area contributed by atoms with Crippen LogP contribution in [0.3, 0.4) is 0 Å².